The van der Waals surface area contributed by atoms with Crippen molar-refractivity contribution < 1.29 is 15.0 Å². The second kappa shape index (κ2) is 3.82. The SMILES string of the molecule is O=C(O)CSc1nc2ccc(O)cc2[nH]1. The molecule has 15 heavy (non-hydrogen) atoms. The van der Waals surface area contributed by atoms with E-state index in [1.54, 1.807) is 12.1 Å². The predicted octanol–water partition coefficient (Wildman–Crippen LogP) is 1.45. The van der Waals surface area contributed by atoms with Crippen molar-refractivity contribution in [1.29, 1.82) is 0 Å². The number of carboxylic acids is 1. The summed E-state index contributed by atoms with van der Waals surface area (Å²) in [6, 6.07) is 4.76. The molecule has 5 nitrogen and oxygen atoms in total. The second-order valence-electron chi connectivity index (χ2n) is 2.93. The zero-order valence-corrected chi connectivity index (χ0v) is 8.41. The van der Waals surface area contributed by atoms with Crippen molar-refractivity contribution in [3.05, 3.63) is 18.2 Å². The monoisotopic (exact) mass is 224 g/mol. The first kappa shape index (κ1) is 9.85. The van der Waals surface area contributed by atoms with Crippen LogP contribution in [0.25, 0.3) is 11.0 Å². The maximum absolute atomic E-state index is 10.3. The first-order valence-electron chi connectivity index (χ1n) is 4.18. The largest absolute Gasteiger partial charge is 0.508 e. The maximum atomic E-state index is 10.3. The summed E-state index contributed by atoms with van der Waals surface area (Å²) in [7, 11) is 0. The smallest absolute Gasteiger partial charge is 0.313 e. The highest BCUT2D eigenvalue weighted by molar-refractivity contribution is 7.99. The van der Waals surface area contributed by atoms with Crippen LogP contribution in [0, 0.1) is 0 Å². The molecule has 0 aliphatic carbocycles. The summed E-state index contributed by atoms with van der Waals surface area (Å²) in [5.41, 5.74) is 1.41. The van der Waals surface area contributed by atoms with Crippen LogP contribution in [0.1, 0.15) is 0 Å². The molecule has 2 aromatic rings. The second-order valence-corrected chi connectivity index (χ2v) is 3.89. The van der Waals surface area contributed by atoms with E-state index in [9.17, 15) is 9.90 Å². The number of phenolic OH excluding ortho intramolecular Hbond substituents is 1. The Hall–Kier alpha value is -1.69. The summed E-state index contributed by atoms with van der Waals surface area (Å²) in [6.45, 7) is 0. The lowest BCUT2D eigenvalue weighted by atomic mass is 10.3. The van der Waals surface area contributed by atoms with Crippen LogP contribution in [0.4, 0.5) is 0 Å². The Morgan fingerprint density at radius 2 is 2.33 bits per heavy atom. The molecule has 0 spiro atoms. The van der Waals surface area contributed by atoms with Gasteiger partial charge in [-0.05, 0) is 12.1 Å². The number of imidazole rings is 1. The minimum atomic E-state index is -0.886. The fourth-order valence-electron chi connectivity index (χ4n) is 1.17. The van der Waals surface area contributed by atoms with Crippen molar-refractivity contribution in [2.75, 3.05) is 5.75 Å². The van der Waals surface area contributed by atoms with E-state index in [1.807, 2.05) is 0 Å². The molecule has 0 saturated heterocycles. The average Bonchev–Trinajstić information content (AvgIpc) is 2.56. The third-order valence-electron chi connectivity index (χ3n) is 1.78. The number of hydrogen-bond donors (Lipinski definition) is 3. The Balaban J connectivity index is 2.27. The van der Waals surface area contributed by atoms with E-state index < -0.39 is 5.97 Å². The van der Waals surface area contributed by atoms with Crippen LogP contribution in [-0.4, -0.2) is 31.9 Å². The number of nitrogens with one attached hydrogen (secondary N) is 1. The molecule has 0 fully saturated rings. The molecular weight excluding hydrogens is 216 g/mol. The summed E-state index contributed by atoms with van der Waals surface area (Å²) >= 11 is 1.11. The quantitative estimate of drug-likeness (QED) is 0.687. The van der Waals surface area contributed by atoms with Gasteiger partial charge in [-0.2, -0.15) is 0 Å². The topological polar surface area (TPSA) is 86.2 Å². The van der Waals surface area contributed by atoms with Gasteiger partial charge in [0.2, 0.25) is 0 Å². The van der Waals surface area contributed by atoms with Crippen LogP contribution in [0.2, 0.25) is 0 Å². The number of nitrogens with zero attached hydrogens (tertiary/aromatic N) is 1. The number of aromatic hydroxyl groups is 1. The van der Waals surface area contributed by atoms with Gasteiger partial charge in [-0.15, -0.1) is 0 Å². The number of rotatable bonds is 3. The molecule has 1 aromatic heterocycles. The summed E-state index contributed by atoms with van der Waals surface area (Å²) < 4.78 is 0. The molecular formula is C9H8N2O3S. The highest BCUT2D eigenvalue weighted by Gasteiger charge is 2.05. The lowest BCUT2D eigenvalue weighted by Gasteiger charge is -1.90. The molecule has 3 N–H and O–H groups in total. The third kappa shape index (κ3) is 2.21. The molecule has 6 heteroatoms. The Kier molecular flexibility index (Phi) is 2.51. The van der Waals surface area contributed by atoms with Crippen LogP contribution < -0.4 is 0 Å². The highest BCUT2D eigenvalue weighted by atomic mass is 32.2. The highest BCUT2D eigenvalue weighted by Crippen LogP contribution is 2.22. The van der Waals surface area contributed by atoms with Crippen molar-refractivity contribution in [3.8, 4) is 5.75 Å². The van der Waals surface area contributed by atoms with Gasteiger partial charge in [-0.1, -0.05) is 11.8 Å². The summed E-state index contributed by atoms with van der Waals surface area (Å²) in [5, 5.41) is 18.2. The van der Waals surface area contributed by atoms with Crippen LogP contribution in [-0.2, 0) is 4.79 Å². The summed E-state index contributed by atoms with van der Waals surface area (Å²) in [6.07, 6.45) is 0. The summed E-state index contributed by atoms with van der Waals surface area (Å²) in [5.74, 6) is -0.768. The van der Waals surface area contributed by atoms with E-state index in [2.05, 4.69) is 9.97 Å². The molecule has 0 unspecified atom stereocenters. The molecule has 1 aromatic carbocycles. The van der Waals surface area contributed by atoms with E-state index in [1.165, 1.54) is 6.07 Å². The molecule has 1 heterocycles. The number of phenols is 1. The first-order chi connectivity index (χ1) is 7.15. The molecule has 0 aliphatic rings. The molecule has 0 aliphatic heterocycles. The lowest BCUT2D eigenvalue weighted by Crippen LogP contribution is -1.97. The minimum Gasteiger partial charge on any atom is -0.508 e. The standard InChI is InChI=1S/C9H8N2O3S/c12-5-1-2-6-7(3-5)11-9(10-6)15-4-8(13)14/h1-3,12H,4H2,(H,10,11)(H,13,14). The number of carboxylic acid groups (broad SMARTS) is 1. The predicted molar refractivity (Wildman–Crippen MR) is 56.1 cm³/mol. The van der Waals surface area contributed by atoms with E-state index in [0.717, 1.165) is 11.8 Å². The number of fused-ring (bicyclic) bond motifs is 1. The lowest BCUT2D eigenvalue weighted by molar-refractivity contribution is -0.133. The molecule has 0 amide bonds. The van der Waals surface area contributed by atoms with Gasteiger partial charge in [0, 0.05) is 6.07 Å². The average molecular weight is 224 g/mol. The summed E-state index contributed by atoms with van der Waals surface area (Å²) in [4.78, 5) is 17.4. The Labute approximate surface area is 89.1 Å². The number of thioether (sulfide) groups is 1. The molecule has 0 bridgehead atoms. The molecule has 0 atom stereocenters. The number of aromatic nitrogens is 2. The van der Waals surface area contributed by atoms with Gasteiger partial charge in [0.25, 0.3) is 0 Å². The number of aliphatic carboxylic acids is 1. The van der Waals surface area contributed by atoms with Gasteiger partial charge in [-0.3, -0.25) is 4.79 Å². The van der Waals surface area contributed by atoms with Crippen LogP contribution >= 0.6 is 11.8 Å². The number of benzene rings is 1. The Morgan fingerprint density at radius 3 is 3.07 bits per heavy atom. The van der Waals surface area contributed by atoms with E-state index in [-0.39, 0.29) is 11.5 Å². The van der Waals surface area contributed by atoms with E-state index in [0.29, 0.717) is 16.2 Å². The van der Waals surface area contributed by atoms with Crippen molar-refractivity contribution in [2.45, 2.75) is 5.16 Å². The molecule has 0 radical (unpaired) electrons. The van der Waals surface area contributed by atoms with Crippen LogP contribution in [0.15, 0.2) is 23.4 Å². The zero-order valence-electron chi connectivity index (χ0n) is 7.60. The third-order valence-corrected chi connectivity index (χ3v) is 2.63. The number of hydrogen-bond acceptors (Lipinski definition) is 4. The molecule has 0 saturated carbocycles. The Morgan fingerprint density at radius 1 is 1.53 bits per heavy atom. The van der Waals surface area contributed by atoms with Crippen molar-refractivity contribution in [1.82, 2.24) is 9.97 Å². The van der Waals surface area contributed by atoms with Crippen molar-refractivity contribution in [2.24, 2.45) is 0 Å². The van der Waals surface area contributed by atoms with Gasteiger partial charge >= 0.3 is 5.97 Å². The van der Waals surface area contributed by atoms with Gasteiger partial charge < -0.3 is 15.2 Å². The number of carbonyl (C=O) groups is 1. The van der Waals surface area contributed by atoms with Gasteiger partial charge in [-0.25, -0.2) is 4.98 Å². The number of H-pyrrole nitrogens is 1. The van der Waals surface area contributed by atoms with E-state index in [4.69, 9.17) is 5.11 Å². The van der Waals surface area contributed by atoms with Crippen molar-refractivity contribution in [3.63, 3.8) is 0 Å². The number of aromatic amines is 1. The zero-order chi connectivity index (χ0) is 10.8. The van der Waals surface area contributed by atoms with Crippen molar-refractivity contribution >= 4 is 28.8 Å². The fourth-order valence-corrected chi connectivity index (χ4v) is 1.78. The van der Waals surface area contributed by atoms with Crippen LogP contribution in [0.3, 0.4) is 0 Å². The first-order valence-corrected chi connectivity index (χ1v) is 5.17. The van der Waals surface area contributed by atoms with Gasteiger partial charge in [0.15, 0.2) is 5.16 Å². The minimum absolute atomic E-state index is 0.0359. The normalized spacial score (nSPS) is 10.7. The maximum Gasteiger partial charge on any atom is 0.313 e. The van der Waals surface area contributed by atoms with Crippen LogP contribution in [0.5, 0.6) is 5.75 Å². The van der Waals surface area contributed by atoms with Gasteiger partial charge in [0.1, 0.15) is 5.75 Å². The van der Waals surface area contributed by atoms with E-state index >= 15 is 0 Å². The molecule has 78 valence electrons. The fraction of sp³-hybridized carbons (Fsp3) is 0.111. The molecule has 2 rings (SSSR count). The van der Waals surface area contributed by atoms with Gasteiger partial charge in [0.05, 0.1) is 16.8 Å². The Bertz CT molecular complexity index is 509.